The summed E-state index contributed by atoms with van der Waals surface area (Å²) in [6.45, 7) is 0.0991. The van der Waals surface area contributed by atoms with E-state index in [4.69, 9.17) is 5.73 Å². The number of imidazole rings is 1. The predicted octanol–water partition coefficient (Wildman–Crippen LogP) is 2.38. The van der Waals surface area contributed by atoms with Crippen molar-refractivity contribution in [1.82, 2.24) is 9.97 Å². The van der Waals surface area contributed by atoms with Gasteiger partial charge in [-0.15, -0.1) is 0 Å². The van der Waals surface area contributed by atoms with Crippen molar-refractivity contribution in [2.45, 2.75) is 18.9 Å². The zero-order valence-electron chi connectivity index (χ0n) is 8.55. The molecule has 2 aromatic rings. The van der Waals surface area contributed by atoms with Crippen LogP contribution in [0.25, 0.3) is 11.0 Å². The van der Waals surface area contributed by atoms with E-state index in [1.54, 1.807) is 12.1 Å². The number of hydrogen-bond acceptors (Lipinski definition) is 2. The molecule has 0 unspecified atom stereocenters. The van der Waals surface area contributed by atoms with Crippen LogP contribution in [0.2, 0.25) is 0 Å². The van der Waals surface area contributed by atoms with E-state index in [0.717, 1.165) is 0 Å². The van der Waals surface area contributed by atoms with Crippen molar-refractivity contribution in [2.75, 3.05) is 0 Å². The van der Waals surface area contributed by atoms with Crippen molar-refractivity contribution in [1.29, 1.82) is 0 Å². The van der Waals surface area contributed by atoms with Crippen LogP contribution in [0.15, 0.2) is 18.2 Å². The molecule has 0 aliphatic heterocycles. The van der Waals surface area contributed by atoms with Crippen molar-refractivity contribution in [3.8, 4) is 0 Å². The molecule has 0 radical (unpaired) electrons. The number of nitrogens with one attached hydrogen (secondary N) is 1. The van der Waals surface area contributed by atoms with Crippen molar-refractivity contribution in [2.24, 2.45) is 5.73 Å². The molecule has 1 aromatic heterocycles. The van der Waals surface area contributed by atoms with Crippen LogP contribution in [0.5, 0.6) is 0 Å². The second kappa shape index (κ2) is 3.99. The van der Waals surface area contributed by atoms with Gasteiger partial charge in [0, 0.05) is 6.54 Å². The molecule has 0 fully saturated rings. The van der Waals surface area contributed by atoms with Gasteiger partial charge >= 0.3 is 12.3 Å². The highest BCUT2D eigenvalue weighted by molar-refractivity contribution is 5.78. The van der Waals surface area contributed by atoms with E-state index >= 15 is 0 Å². The zero-order valence-corrected chi connectivity index (χ0v) is 8.55. The average molecular weight is 247 g/mol. The predicted molar refractivity (Wildman–Crippen MR) is 53.9 cm³/mol. The molecule has 0 aliphatic rings. The average Bonchev–Trinajstić information content (AvgIpc) is 2.72. The third kappa shape index (κ3) is 1.86. The molecule has 0 aliphatic carbocycles. The number of rotatable bonds is 3. The Morgan fingerprint density at radius 2 is 2.06 bits per heavy atom. The molecule has 0 saturated carbocycles. The lowest BCUT2D eigenvalue weighted by Crippen LogP contribution is -2.25. The number of fused-ring (bicyclic) bond motifs is 1. The Bertz CT molecular complexity index is 535. The Kier molecular flexibility index (Phi) is 2.78. The fraction of sp³-hybridized carbons (Fsp3) is 0.300. The highest BCUT2D eigenvalue weighted by Crippen LogP contribution is 2.34. The highest BCUT2D eigenvalue weighted by atomic mass is 19.3. The van der Waals surface area contributed by atoms with E-state index in [1.165, 1.54) is 6.07 Å². The number of hydrogen-bond donors (Lipinski definition) is 2. The first-order chi connectivity index (χ1) is 7.96. The van der Waals surface area contributed by atoms with E-state index in [1.807, 2.05) is 0 Å². The number of nitrogens with two attached hydrogens (primary N) is 1. The zero-order chi connectivity index (χ0) is 12.6. The maximum Gasteiger partial charge on any atom is 0.363 e. The summed E-state index contributed by atoms with van der Waals surface area (Å²) >= 11 is 0. The molecule has 1 aromatic carbocycles. The summed E-state index contributed by atoms with van der Waals surface area (Å²) in [7, 11) is 0. The van der Waals surface area contributed by atoms with Gasteiger partial charge in [0.2, 0.25) is 0 Å². The largest absolute Gasteiger partial charge is 0.363 e. The lowest BCUT2D eigenvalue weighted by atomic mass is 10.2. The number of halogens is 4. The number of para-hydroxylation sites is 1. The van der Waals surface area contributed by atoms with E-state index < -0.39 is 18.2 Å². The standard InChI is InChI=1S/C10H9F4N3/c11-8(12)10(13,14)9-16-6-3-1-2-5(4-15)7(6)17-9/h1-3,8H,4,15H2,(H,16,17). The van der Waals surface area contributed by atoms with Crippen LogP contribution in [0.3, 0.4) is 0 Å². The van der Waals surface area contributed by atoms with Gasteiger partial charge in [0.25, 0.3) is 0 Å². The third-order valence-electron chi connectivity index (χ3n) is 2.41. The van der Waals surface area contributed by atoms with Crippen molar-refractivity contribution in [3.63, 3.8) is 0 Å². The Balaban J connectivity index is 2.59. The maximum atomic E-state index is 13.1. The van der Waals surface area contributed by atoms with Crippen LogP contribution in [-0.2, 0) is 12.5 Å². The minimum atomic E-state index is -4.29. The van der Waals surface area contributed by atoms with Gasteiger partial charge in [0.05, 0.1) is 11.0 Å². The normalized spacial score (nSPS) is 12.6. The molecule has 3 nitrogen and oxygen atoms in total. The molecule has 0 saturated heterocycles. The summed E-state index contributed by atoms with van der Waals surface area (Å²) in [4.78, 5) is 5.71. The van der Waals surface area contributed by atoms with E-state index in [2.05, 4.69) is 9.97 Å². The lowest BCUT2D eigenvalue weighted by Gasteiger charge is -2.11. The molecule has 2 rings (SSSR count). The Morgan fingerprint density at radius 1 is 1.35 bits per heavy atom. The van der Waals surface area contributed by atoms with Crippen LogP contribution in [0.1, 0.15) is 11.4 Å². The maximum absolute atomic E-state index is 13.1. The molecule has 0 amide bonds. The van der Waals surface area contributed by atoms with Crippen molar-refractivity contribution < 1.29 is 17.6 Å². The number of benzene rings is 1. The topological polar surface area (TPSA) is 54.7 Å². The van der Waals surface area contributed by atoms with Crippen LogP contribution in [0.4, 0.5) is 17.6 Å². The van der Waals surface area contributed by atoms with Gasteiger partial charge < -0.3 is 10.7 Å². The molecule has 1 heterocycles. The summed E-state index contributed by atoms with van der Waals surface area (Å²) in [5.41, 5.74) is 6.39. The SMILES string of the molecule is NCc1cccc2[nH]c(C(F)(F)C(F)F)nc12. The molecule has 7 heteroatoms. The molecular weight excluding hydrogens is 238 g/mol. The number of H-pyrrole nitrogens is 1. The fourth-order valence-corrected chi connectivity index (χ4v) is 1.52. The van der Waals surface area contributed by atoms with Crippen LogP contribution in [0, 0.1) is 0 Å². The summed E-state index contributed by atoms with van der Waals surface area (Å²) in [5.74, 6) is -5.33. The Hall–Kier alpha value is -1.63. The lowest BCUT2D eigenvalue weighted by molar-refractivity contribution is -0.140. The van der Waals surface area contributed by atoms with E-state index in [9.17, 15) is 17.6 Å². The Morgan fingerprint density at radius 3 is 2.65 bits per heavy atom. The van der Waals surface area contributed by atoms with Crippen molar-refractivity contribution in [3.05, 3.63) is 29.6 Å². The second-order valence-corrected chi connectivity index (χ2v) is 3.53. The summed E-state index contributed by atoms with van der Waals surface area (Å²) < 4.78 is 50.5. The van der Waals surface area contributed by atoms with Gasteiger partial charge in [0.1, 0.15) is 0 Å². The monoisotopic (exact) mass is 247 g/mol. The molecule has 17 heavy (non-hydrogen) atoms. The first kappa shape index (κ1) is 11.8. The van der Waals surface area contributed by atoms with Gasteiger partial charge in [0.15, 0.2) is 5.82 Å². The first-order valence-corrected chi connectivity index (χ1v) is 4.81. The molecule has 0 bridgehead atoms. The van der Waals surface area contributed by atoms with Gasteiger partial charge in [-0.05, 0) is 11.6 Å². The molecular formula is C10H9F4N3. The van der Waals surface area contributed by atoms with Crippen LogP contribution in [-0.4, -0.2) is 16.4 Å². The second-order valence-electron chi connectivity index (χ2n) is 3.53. The molecule has 0 atom stereocenters. The minimum absolute atomic E-state index is 0.0991. The number of nitrogens with zero attached hydrogens (tertiary/aromatic N) is 1. The minimum Gasteiger partial charge on any atom is -0.337 e. The van der Waals surface area contributed by atoms with Crippen LogP contribution < -0.4 is 5.73 Å². The van der Waals surface area contributed by atoms with E-state index in [0.29, 0.717) is 5.56 Å². The van der Waals surface area contributed by atoms with Gasteiger partial charge in [-0.3, -0.25) is 0 Å². The smallest absolute Gasteiger partial charge is 0.337 e. The molecule has 92 valence electrons. The Labute approximate surface area is 93.6 Å². The number of aromatic nitrogens is 2. The number of alkyl halides is 4. The quantitative estimate of drug-likeness (QED) is 0.818. The summed E-state index contributed by atoms with van der Waals surface area (Å²) in [5, 5.41) is 0. The van der Waals surface area contributed by atoms with Gasteiger partial charge in [-0.2, -0.15) is 8.78 Å². The van der Waals surface area contributed by atoms with Gasteiger partial charge in [-0.25, -0.2) is 13.8 Å². The van der Waals surface area contributed by atoms with E-state index in [-0.39, 0.29) is 17.6 Å². The van der Waals surface area contributed by atoms with Gasteiger partial charge in [-0.1, -0.05) is 12.1 Å². The van der Waals surface area contributed by atoms with Crippen molar-refractivity contribution >= 4 is 11.0 Å². The summed E-state index contributed by atoms with van der Waals surface area (Å²) in [6, 6.07) is 4.67. The fourth-order valence-electron chi connectivity index (χ4n) is 1.52. The number of aromatic amines is 1. The molecule has 3 N–H and O–H groups in total. The highest BCUT2D eigenvalue weighted by Gasteiger charge is 2.45. The third-order valence-corrected chi connectivity index (χ3v) is 2.41. The molecule has 0 spiro atoms. The first-order valence-electron chi connectivity index (χ1n) is 4.81. The van der Waals surface area contributed by atoms with Crippen LogP contribution >= 0.6 is 0 Å². The summed E-state index contributed by atoms with van der Waals surface area (Å²) in [6.07, 6.45) is -3.80.